The second-order valence-corrected chi connectivity index (χ2v) is 8.67. The molecule has 0 bridgehead atoms. The molecule has 2 aromatic carbocycles. The molecule has 0 atom stereocenters. The summed E-state index contributed by atoms with van der Waals surface area (Å²) in [4.78, 5) is 16.8. The Morgan fingerprint density at radius 2 is 1.56 bits per heavy atom. The summed E-state index contributed by atoms with van der Waals surface area (Å²) >= 11 is 0. The van der Waals surface area contributed by atoms with Crippen molar-refractivity contribution < 1.29 is 0 Å². The van der Waals surface area contributed by atoms with Crippen molar-refractivity contribution in [2.24, 2.45) is 0 Å². The van der Waals surface area contributed by atoms with Crippen molar-refractivity contribution in [3.63, 3.8) is 0 Å². The molecule has 0 radical (unpaired) electrons. The third-order valence-corrected chi connectivity index (χ3v) is 4.60. The van der Waals surface area contributed by atoms with Gasteiger partial charge in [0.05, 0.1) is 11.2 Å². The maximum atomic E-state index is 12.7. The minimum absolute atomic E-state index is 0.00673. The zero-order chi connectivity index (χ0) is 18.4. The maximum Gasteiger partial charge on any atom is 0.352 e. The molecule has 0 N–H and O–H groups in total. The van der Waals surface area contributed by atoms with Crippen LogP contribution in [0.2, 0.25) is 0 Å². The summed E-state index contributed by atoms with van der Waals surface area (Å²) in [5.41, 5.74) is 3.84. The van der Waals surface area contributed by atoms with Gasteiger partial charge in [-0.2, -0.15) is 0 Å². The normalized spacial score (nSPS) is 12.6. The zero-order valence-electron chi connectivity index (χ0n) is 15.9. The Bertz CT molecular complexity index is 985. The van der Waals surface area contributed by atoms with Crippen molar-refractivity contribution in [3.05, 3.63) is 70.3 Å². The van der Waals surface area contributed by atoms with Crippen LogP contribution >= 0.6 is 0 Å². The van der Waals surface area contributed by atoms with Crippen LogP contribution in [-0.2, 0) is 10.8 Å². The van der Waals surface area contributed by atoms with Gasteiger partial charge < -0.3 is 0 Å². The number of fused-ring (bicyclic) bond motifs is 1. The molecule has 0 aliphatic rings. The van der Waals surface area contributed by atoms with Crippen molar-refractivity contribution in [3.8, 4) is 5.69 Å². The van der Waals surface area contributed by atoms with E-state index in [1.54, 1.807) is 10.8 Å². The van der Waals surface area contributed by atoms with Crippen LogP contribution < -0.4 is 5.69 Å². The van der Waals surface area contributed by atoms with Crippen LogP contribution in [0.15, 0.2) is 53.5 Å². The van der Waals surface area contributed by atoms with Crippen molar-refractivity contribution in [1.82, 2.24) is 9.55 Å². The quantitative estimate of drug-likeness (QED) is 0.629. The summed E-state index contributed by atoms with van der Waals surface area (Å²) in [6, 6.07) is 14.4. The van der Waals surface area contributed by atoms with Crippen LogP contribution in [-0.4, -0.2) is 9.55 Å². The molecule has 0 aliphatic heterocycles. The highest BCUT2D eigenvalue weighted by Gasteiger charge is 2.23. The van der Waals surface area contributed by atoms with Gasteiger partial charge in [0, 0.05) is 11.6 Å². The number of rotatable bonds is 1. The summed E-state index contributed by atoms with van der Waals surface area (Å²) in [7, 11) is 0. The molecule has 1 aromatic heterocycles. The first-order valence-electron chi connectivity index (χ1n) is 8.71. The van der Waals surface area contributed by atoms with Gasteiger partial charge in [-0.15, -0.1) is 0 Å². The van der Waals surface area contributed by atoms with E-state index in [0.29, 0.717) is 0 Å². The summed E-state index contributed by atoms with van der Waals surface area (Å²) in [5, 5.41) is 0.961. The van der Waals surface area contributed by atoms with Gasteiger partial charge in [-0.25, -0.2) is 9.78 Å². The number of benzene rings is 2. The molecule has 0 fully saturated rings. The predicted octanol–water partition coefficient (Wildman–Crippen LogP) is 4.98. The number of para-hydroxylation sites is 1. The van der Waals surface area contributed by atoms with E-state index in [1.807, 2.05) is 24.3 Å². The second-order valence-electron chi connectivity index (χ2n) is 8.67. The topological polar surface area (TPSA) is 34.9 Å². The second kappa shape index (κ2) is 5.83. The van der Waals surface area contributed by atoms with Gasteiger partial charge in [-0.3, -0.25) is 4.57 Å². The number of nitrogens with zero attached hydrogens (tertiary/aromatic N) is 2. The largest absolute Gasteiger partial charge is 0.352 e. The fraction of sp³-hybridized carbons (Fsp3) is 0.364. The van der Waals surface area contributed by atoms with Gasteiger partial charge in [0.2, 0.25) is 0 Å². The molecule has 1 heterocycles. The average molecular weight is 334 g/mol. The van der Waals surface area contributed by atoms with Crippen LogP contribution in [0.5, 0.6) is 0 Å². The molecule has 0 saturated heterocycles. The lowest BCUT2D eigenvalue weighted by Crippen LogP contribution is -2.26. The van der Waals surface area contributed by atoms with E-state index in [2.05, 4.69) is 64.7 Å². The van der Waals surface area contributed by atoms with Crippen molar-refractivity contribution in [2.45, 2.75) is 52.4 Å². The zero-order valence-corrected chi connectivity index (χ0v) is 15.9. The molecule has 25 heavy (non-hydrogen) atoms. The van der Waals surface area contributed by atoms with Crippen molar-refractivity contribution in [2.75, 3.05) is 0 Å². The summed E-state index contributed by atoms with van der Waals surface area (Å²) in [6.07, 6.45) is 1.65. The Kier molecular flexibility index (Phi) is 4.06. The molecule has 0 aliphatic carbocycles. The highest BCUT2D eigenvalue weighted by molar-refractivity contribution is 5.80. The third kappa shape index (κ3) is 3.23. The van der Waals surface area contributed by atoms with Crippen LogP contribution in [0.25, 0.3) is 16.6 Å². The van der Waals surface area contributed by atoms with Gasteiger partial charge in [0.1, 0.15) is 0 Å². The van der Waals surface area contributed by atoms with Crippen LogP contribution in [0.3, 0.4) is 0 Å². The molecule has 0 saturated carbocycles. The van der Waals surface area contributed by atoms with Crippen molar-refractivity contribution in [1.29, 1.82) is 0 Å². The molecule has 130 valence electrons. The van der Waals surface area contributed by atoms with Gasteiger partial charge >= 0.3 is 5.69 Å². The third-order valence-electron chi connectivity index (χ3n) is 4.60. The van der Waals surface area contributed by atoms with E-state index in [1.165, 1.54) is 5.56 Å². The minimum atomic E-state index is -0.241. The summed E-state index contributed by atoms with van der Waals surface area (Å²) < 4.78 is 1.76. The molecule has 0 amide bonds. The lowest BCUT2D eigenvalue weighted by Gasteiger charge is -2.27. The van der Waals surface area contributed by atoms with E-state index in [-0.39, 0.29) is 16.5 Å². The first kappa shape index (κ1) is 17.4. The Morgan fingerprint density at radius 1 is 0.880 bits per heavy atom. The first-order valence-corrected chi connectivity index (χ1v) is 8.71. The molecule has 0 unspecified atom stereocenters. The van der Waals surface area contributed by atoms with E-state index in [0.717, 1.165) is 22.2 Å². The highest BCUT2D eigenvalue weighted by Crippen LogP contribution is 2.33. The van der Waals surface area contributed by atoms with E-state index in [9.17, 15) is 4.79 Å². The minimum Gasteiger partial charge on any atom is -0.260 e. The smallest absolute Gasteiger partial charge is 0.260 e. The fourth-order valence-corrected chi connectivity index (χ4v) is 3.14. The van der Waals surface area contributed by atoms with Gasteiger partial charge in [0.15, 0.2) is 0 Å². The Labute approximate surface area is 149 Å². The summed E-state index contributed by atoms with van der Waals surface area (Å²) in [6.45, 7) is 13.1. The van der Waals surface area contributed by atoms with Crippen LogP contribution in [0.4, 0.5) is 0 Å². The molecule has 3 rings (SSSR count). The molecule has 3 nitrogen and oxygen atoms in total. The maximum absolute atomic E-state index is 12.7. The molecular formula is C22H26N2O. The lowest BCUT2D eigenvalue weighted by molar-refractivity contribution is 0.573. The molecular weight excluding hydrogens is 308 g/mol. The highest BCUT2D eigenvalue weighted by atomic mass is 16.1. The number of aromatic nitrogens is 2. The Morgan fingerprint density at radius 3 is 2.20 bits per heavy atom. The SMILES string of the molecule is CC(C)(C)c1ccc(C(C)(C)C)c(-n2c(=O)ncc3ccccc32)c1. The van der Waals surface area contributed by atoms with E-state index < -0.39 is 0 Å². The lowest BCUT2D eigenvalue weighted by atomic mass is 9.81. The Balaban J connectivity index is 2.44. The fourth-order valence-electron chi connectivity index (χ4n) is 3.14. The van der Waals surface area contributed by atoms with E-state index in [4.69, 9.17) is 0 Å². The number of hydrogen-bond acceptors (Lipinski definition) is 2. The number of hydrogen-bond donors (Lipinski definition) is 0. The van der Waals surface area contributed by atoms with Gasteiger partial charge in [0.25, 0.3) is 0 Å². The van der Waals surface area contributed by atoms with E-state index >= 15 is 0 Å². The first-order chi connectivity index (χ1) is 11.6. The standard InChI is InChI=1S/C22H26N2O/c1-21(2,3)16-11-12-17(22(4,5)6)19(13-16)24-18-10-8-7-9-15(18)14-23-20(24)25/h7-14H,1-6H3. The monoisotopic (exact) mass is 334 g/mol. The van der Waals surface area contributed by atoms with Crippen LogP contribution in [0.1, 0.15) is 52.7 Å². The van der Waals surface area contributed by atoms with Crippen LogP contribution in [0, 0.1) is 0 Å². The Hall–Kier alpha value is -2.42. The van der Waals surface area contributed by atoms with Crippen molar-refractivity contribution >= 4 is 10.9 Å². The predicted molar refractivity (Wildman–Crippen MR) is 105 cm³/mol. The average Bonchev–Trinajstić information content (AvgIpc) is 2.52. The molecule has 0 spiro atoms. The van der Waals surface area contributed by atoms with Gasteiger partial charge in [-0.05, 0) is 34.1 Å². The molecule has 3 aromatic rings. The summed E-state index contributed by atoms with van der Waals surface area (Å²) in [5.74, 6) is 0. The van der Waals surface area contributed by atoms with Gasteiger partial charge in [-0.1, -0.05) is 71.9 Å². The molecule has 3 heteroatoms.